The number of methoxy groups -OCH3 is 1. The Labute approximate surface area is 131 Å². The molecule has 0 aromatic heterocycles. The summed E-state index contributed by atoms with van der Waals surface area (Å²) in [5.41, 5.74) is 1.45. The van der Waals surface area contributed by atoms with Crippen molar-refractivity contribution in [2.24, 2.45) is 0 Å². The molecule has 0 spiro atoms. The van der Waals surface area contributed by atoms with Crippen LogP contribution in [-0.4, -0.2) is 28.7 Å². The number of ether oxygens (including phenoxy) is 2. The Bertz CT molecular complexity index is 567. The van der Waals surface area contributed by atoms with Crippen molar-refractivity contribution < 1.29 is 17.9 Å². The monoisotopic (exact) mass is 334 g/mol. The Hall–Kier alpha value is -0.780. The van der Waals surface area contributed by atoms with Crippen LogP contribution < -0.4 is 4.74 Å². The zero-order valence-corrected chi connectivity index (χ0v) is 14.6. The number of unbranched alkanes of at least 4 members (excludes halogenated alkanes) is 1. The Morgan fingerprint density at radius 2 is 1.81 bits per heavy atom. The van der Waals surface area contributed by atoms with Gasteiger partial charge in [-0.1, -0.05) is 13.8 Å². The average molecular weight is 335 g/mol. The van der Waals surface area contributed by atoms with Gasteiger partial charge in [0, 0.05) is 24.4 Å². The molecule has 0 unspecified atom stereocenters. The van der Waals surface area contributed by atoms with Gasteiger partial charge in [-0.05, 0) is 48.9 Å². The number of hydrogen-bond acceptors (Lipinski definition) is 4. The molecule has 0 bridgehead atoms. The second-order valence-electron chi connectivity index (χ2n) is 5.30. The third-order valence-corrected chi connectivity index (χ3v) is 4.57. The van der Waals surface area contributed by atoms with Gasteiger partial charge in [0.15, 0.2) is 0 Å². The van der Waals surface area contributed by atoms with E-state index in [0.29, 0.717) is 24.5 Å². The smallest absolute Gasteiger partial charge is 0.261 e. The number of aryl methyl sites for hydroxylation is 1. The van der Waals surface area contributed by atoms with Crippen molar-refractivity contribution in [3.63, 3.8) is 0 Å². The first-order valence-corrected chi connectivity index (χ1v) is 9.29. The van der Waals surface area contributed by atoms with E-state index in [-0.39, 0.29) is 10.8 Å². The maximum Gasteiger partial charge on any atom is 0.261 e. The van der Waals surface area contributed by atoms with Crippen LogP contribution in [0.25, 0.3) is 0 Å². The van der Waals surface area contributed by atoms with Crippen molar-refractivity contribution in [1.82, 2.24) is 0 Å². The van der Waals surface area contributed by atoms with Crippen molar-refractivity contribution in [3.8, 4) is 5.75 Å². The van der Waals surface area contributed by atoms with Crippen LogP contribution >= 0.6 is 10.7 Å². The van der Waals surface area contributed by atoms with Crippen molar-refractivity contribution in [3.05, 3.63) is 23.3 Å². The number of rotatable bonds is 8. The van der Waals surface area contributed by atoms with Gasteiger partial charge in [-0.15, -0.1) is 0 Å². The topological polar surface area (TPSA) is 52.6 Å². The van der Waals surface area contributed by atoms with Crippen LogP contribution in [0, 0.1) is 6.92 Å². The molecule has 0 aliphatic heterocycles. The first-order valence-electron chi connectivity index (χ1n) is 6.98. The number of hydrogen-bond donors (Lipinski definition) is 0. The molecule has 4 nitrogen and oxygen atoms in total. The molecule has 0 radical (unpaired) electrons. The highest BCUT2D eigenvalue weighted by Crippen LogP contribution is 2.32. The molecule has 0 aliphatic carbocycles. The van der Waals surface area contributed by atoms with E-state index in [0.717, 1.165) is 18.4 Å². The number of halogens is 1. The third kappa shape index (κ3) is 5.49. The standard InChI is InChI=1S/C15H23ClO4S/c1-11(2)13-10-14(20-8-6-5-7-19-4)12(3)9-15(13)21(16,17)18/h9-11H,5-8H2,1-4H3. The minimum absolute atomic E-state index is 0.0463. The van der Waals surface area contributed by atoms with Crippen LogP contribution in [0.15, 0.2) is 17.0 Å². The van der Waals surface area contributed by atoms with E-state index in [1.165, 1.54) is 0 Å². The summed E-state index contributed by atoms with van der Waals surface area (Å²) in [5.74, 6) is 0.755. The average Bonchev–Trinajstić information content (AvgIpc) is 2.38. The van der Waals surface area contributed by atoms with Gasteiger partial charge in [-0.2, -0.15) is 0 Å². The predicted octanol–water partition coefficient (Wildman–Crippen LogP) is 3.85. The van der Waals surface area contributed by atoms with Crippen molar-refractivity contribution in [2.75, 3.05) is 20.3 Å². The van der Waals surface area contributed by atoms with Crippen LogP contribution in [0.1, 0.15) is 43.7 Å². The minimum Gasteiger partial charge on any atom is -0.493 e. The van der Waals surface area contributed by atoms with E-state index in [2.05, 4.69) is 0 Å². The molecule has 120 valence electrons. The molecule has 0 amide bonds. The van der Waals surface area contributed by atoms with E-state index >= 15 is 0 Å². The van der Waals surface area contributed by atoms with E-state index < -0.39 is 9.05 Å². The largest absolute Gasteiger partial charge is 0.493 e. The van der Waals surface area contributed by atoms with Crippen LogP contribution in [0.4, 0.5) is 0 Å². The molecule has 1 rings (SSSR count). The fraction of sp³-hybridized carbons (Fsp3) is 0.600. The SMILES string of the molecule is COCCCCOc1cc(C(C)C)c(S(=O)(=O)Cl)cc1C. The van der Waals surface area contributed by atoms with Crippen LogP contribution in [0.2, 0.25) is 0 Å². The Balaban J connectivity index is 2.95. The quantitative estimate of drug-likeness (QED) is 0.535. The van der Waals surface area contributed by atoms with Crippen LogP contribution in [-0.2, 0) is 13.8 Å². The zero-order valence-electron chi connectivity index (χ0n) is 13.0. The molecule has 0 saturated heterocycles. The summed E-state index contributed by atoms with van der Waals surface area (Å²) in [6.07, 6.45) is 1.82. The third-order valence-electron chi connectivity index (χ3n) is 3.19. The molecule has 0 fully saturated rings. The summed E-state index contributed by atoms with van der Waals surface area (Å²) in [6, 6.07) is 3.37. The summed E-state index contributed by atoms with van der Waals surface area (Å²) in [7, 11) is 3.43. The molecular formula is C15H23ClO4S. The van der Waals surface area contributed by atoms with E-state index in [4.69, 9.17) is 20.2 Å². The minimum atomic E-state index is -3.75. The van der Waals surface area contributed by atoms with Crippen molar-refractivity contribution in [2.45, 2.75) is 44.4 Å². The van der Waals surface area contributed by atoms with Crippen molar-refractivity contribution in [1.29, 1.82) is 0 Å². The summed E-state index contributed by atoms with van der Waals surface area (Å²) < 4.78 is 34.1. The Morgan fingerprint density at radius 3 is 2.33 bits per heavy atom. The summed E-state index contributed by atoms with van der Waals surface area (Å²) in [4.78, 5) is 0.170. The molecule has 0 heterocycles. The molecule has 21 heavy (non-hydrogen) atoms. The van der Waals surface area contributed by atoms with Crippen LogP contribution in [0.3, 0.4) is 0 Å². The van der Waals surface area contributed by atoms with E-state index in [1.807, 2.05) is 20.8 Å². The highest BCUT2D eigenvalue weighted by Gasteiger charge is 2.20. The molecule has 0 N–H and O–H groups in total. The van der Waals surface area contributed by atoms with Crippen molar-refractivity contribution >= 4 is 19.7 Å². The first-order chi connectivity index (χ1) is 9.77. The van der Waals surface area contributed by atoms with Crippen LogP contribution in [0.5, 0.6) is 5.75 Å². The van der Waals surface area contributed by atoms with E-state index in [9.17, 15) is 8.42 Å². The van der Waals surface area contributed by atoms with Gasteiger partial charge in [0.25, 0.3) is 9.05 Å². The molecule has 0 atom stereocenters. The number of benzene rings is 1. The lowest BCUT2D eigenvalue weighted by atomic mass is 10.0. The molecule has 6 heteroatoms. The van der Waals surface area contributed by atoms with Gasteiger partial charge in [-0.25, -0.2) is 8.42 Å². The zero-order chi connectivity index (χ0) is 16.0. The molecule has 0 saturated carbocycles. The summed E-state index contributed by atoms with van der Waals surface area (Å²) in [5, 5.41) is 0. The molecular weight excluding hydrogens is 312 g/mol. The highest BCUT2D eigenvalue weighted by molar-refractivity contribution is 8.13. The Kier molecular flexibility index (Phi) is 6.97. The van der Waals surface area contributed by atoms with Gasteiger partial charge in [0.05, 0.1) is 11.5 Å². The second-order valence-corrected chi connectivity index (χ2v) is 7.83. The van der Waals surface area contributed by atoms with Gasteiger partial charge in [0.1, 0.15) is 5.75 Å². The summed E-state index contributed by atoms with van der Waals surface area (Å²) in [6.45, 7) is 6.97. The molecule has 0 aliphatic rings. The lowest BCUT2D eigenvalue weighted by Crippen LogP contribution is -2.05. The first kappa shape index (κ1) is 18.3. The predicted molar refractivity (Wildman–Crippen MR) is 84.9 cm³/mol. The summed E-state index contributed by atoms with van der Waals surface area (Å²) >= 11 is 0. The lowest BCUT2D eigenvalue weighted by Gasteiger charge is -2.16. The second kappa shape index (κ2) is 8.01. The molecule has 1 aromatic carbocycles. The Morgan fingerprint density at radius 1 is 1.19 bits per heavy atom. The van der Waals surface area contributed by atoms with Gasteiger partial charge >= 0.3 is 0 Å². The van der Waals surface area contributed by atoms with Gasteiger partial charge in [0.2, 0.25) is 0 Å². The van der Waals surface area contributed by atoms with Gasteiger partial charge < -0.3 is 9.47 Å². The van der Waals surface area contributed by atoms with Gasteiger partial charge in [-0.3, -0.25) is 0 Å². The fourth-order valence-corrected chi connectivity index (χ4v) is 3.32. The lowest BCUT2D eigenvalue weighted by molar-refractivity contribution is 0.184. The maximum absolute atomic E-state index is 11.7. The van der Waals surface area contributed by atoms with E-state index in [1.54, 1.807) is 19.2 Å². The normalized spacial score (nSPS) is 11.9. The fourth-order valence-electron chi connectivity index (χ4n) is 2.03. The maximum atomic E-state index is 11.7. The highest BCUT2D eigenvalue weighted by atomic mass is 35.7. The molecule has 1 aromatic rings.